The molecular weight excluding hydrogens is 222 g/mol. The van der Waals surface area contributed by atoms with Crippen LogP contribution >= 0.6 is 0 Å². The SMILES string of the molecule is COC(=O)c1nccc(-n2cc(C)c(N)n2)n1. The predicted octanol–water partition coefficient (Wildman–Crippen LogP) is 0.340. The quantitative estimate of drug-likeness (QED) is 0.751. The summed E-state index contributed by atoms with van der Waals surface area (Å²) in [6.07, 6.45) is 3.18. The van der Waals surface area contributed by atoms with E-state index in [-0.39, 0.29) is 5.82 Å². The van der Waals surface area contributed by atoms with Crippen LogP contribution < -0.4 is 5.73 Å². The number of aryl methyl sites for hydroxylation is 1. The molecule has 0 saturated heterocycles. The second kappa shape index (κ2) is 4.20. The smallest absolute Gasteiger partial charge is 0.376 e. The number of carbonyl (C=O) groups excluding carboxylic acids is 1. The number of anilines is 1. The molecule has 2 aromatic rings. The van der Waals surface area contributed by atoms with Gasteiger partial charge in [-0.3, -0.25) is 0 Å². The maximum absolute atomic E-state index is 11.3. The van der Waals surface area contributed by atoms with Gasteiger partial charge in [0.1, 0.15) is 5.82 Å². The number of nitrogens with zero attached hydrogens (tertiary/aromatic N) is 4. The van der Waals surface area contributed by atoms with Crippen molar-refractivity contribution in [3.8, 4) is 5.82 Å². The van der Waals surface area contributed by atoms with E-state index in [0.717, 1.165) is 5.56 Å². The fourth-order valence-corrected chi connectivity index (χ4v) is 1.26. The first-order valence-corrected chi connectivity index (χ1v) is 4.85. The molecule has 0 aliphatic heterocycles. The Bertz CT molecular complexity index is 544. The molecule has 2 N–H and O–H groups in total. The molecule has 0 unspecified atom stereocenters. The average molecular weight is 233 g/mol. The van der Waals surface area contributed by atoms with Crippen LogP contribution in [0.1, 0.15) is 16.2 Å². The number of rotatable bonds is 2. The number of carbonyl (C=O) groups is 1. The summed E-state index contributed by atoms with van der Waals surface area (Å²) in [5, 5.41) is 4.06. The zero-order chi connectivity index (χ0) is 12.4. The molecule has 2 rings (SSSR count). The lowest BCUT2D eigenvalue weighted by molar-refractivity contribution is 0.0586. The highest BCUT2D eigenvalue weighted by atomic mass is 16.5. The second-order valence-electron chi connectivity index (χ2n) is 3.37. The molecule has 0 atom stereocenters. The normalized spacial score (nSPS) is 10.2. The Balaban J connectivity index is 2.42. The molecular formula is C10H11N5O2. The maximum atomic E-state index is 11.3. The van der Waals surface area contributed by atoms with Crippen molar-refractivity contribution in [2.45, 2.75) is 6.92 Å². The van der Waals surface area contributed by atoms with Gasteiger partial charge in [-0.25, -0.2) is 19.4 Å². The summed E-state index contributed by atoms with van der Waals surface area (Å²) >= 11 is 0. The van der Waals surface area contributed by atoms with E-state index < -0.39 is 5.97 Å². The summed E-state index contributed by atoms with van der Waals surface area (Å²) in [6, 6.07) is 1.62. The van der Waals surface area contributed by atoms with E-state index in [1.54, 1.807) is 12.3 Å². The lowest BCUT2D eigenvalue weighted by Gasteiger charge is -2.01. The maximum Gasteiger partial charge on any atom is 0.376 e. The lowest BCUT2D eigenvalue weighted by Crippen LogP contribution is -2.10. The highest BCUT2D eigenvalue weighted by molar-refractivity contribution is 5.85. The van der Waals surface area contributed by atoms with Gasteiger partial charge in [-0.2, -0.15) is 0 Å². The lowest BCUT2D eigenvalue weighted by atomic mass is 10.4. The van der Waals surface area contributed by atoms with Gasteiger partial charge in [0.25, 0.3) is 0 Å². The monoisotopic (exact) mass is 233 g/mol. The van der Waals surface area contributed by atoms with Gasteiger partial charge in [0.05, 0.1) is 7.11 Å². The summed E-state index contributed by atoms with van der Waals surface area (Å²) < 4.78 is 6.02. The Kier molecular flexibility index (Phi) is 2.73. The van der Waals surface area contributed by atoms with Crippen LogP contribution in [-0.2, 0) is 4.74 Å². The molecule has 0 saturated carbocycles. The first-order chi connectivity index (χ1) is 8.11. The zero-order valence-electron chi connectivity index (χ0n) is 9.41. The van der Waals surface area contributed by atoms with E-state index in [1.165, 1.54) is 18.0 Å². The summed E-state index contributed by atoms with van der Waals surface area (Å²) in [4.78, 5) is 19.1. The van der Waals surface area contributed by atoms with Gasteiger partial charge in [-0.1, -0.05) is 0 Å². The Hall–Kier alpha value is -2.44. The molecule has 0 aromatic carbocycles. The third kappa shape index (κ3) is 2.07. The fourth-order valence-electron chi connectivity index (χ4n) is 1.26. The average Bonchev–Trinajstić information content (AvgIpc) is 2.69. The second-order valence-corrected chi connectivity index (χ2v) is 3.37. The van der Waals surface area contributed by atoms with E-state index in [1.807, 2.05) is 6.92 Å². The molecule has 0 fully saturated rings. The van der Waals surface area contributed by atoms with E-state index >= 15 is 0 Å². The Morgan fingerprint density at radius 2 is 2.29 bits per heavy atom. The molecule has 0 radical (unpaired) electrons. The molecule has 7 nitrogen and oxygen atoms in total. The Labute approximate surface area is 97.2 Å². The Morgan fingerprint density at radius 1 is 1.53 bits per heavy atom. The van der Waals surface area contributed by atoms with Crippen LogP contribution in [0.15, 0.2) is 18.5 Å². The predicted molar refractivity (Wildman–Crippen MR) is 59.6 cm³/mol. The highest BCUT2D eigenvalue weighted by Gasteiger charge is 2.11. The van der Waals surface area contributed by atoms with Gasteiger partial charge < -0.3 is 10.5 Å². The fraction of sp³-hybridized carbons (Fsp3) is 0.200. The number of ether oxygens (including phenoxy) is 1. The van der Waals surface area contributed by atoms with Crippen molar-refractivity contribution in [2.24, 2.45) is 0 Å². The van der Waals surface area contributed by atoms with Gasteiger partial charge in [0.15, 0.2) is 5.82 Å². The standard InChI is InChI=1S/C10H11N5O2/c1-6-5-15(14-8(6)11)7-3-4-12-9(13-7)10(16)17-2/h3-5H,1-2H3,(H2,11,14). The number of nitrogens with two attached hydrogens (primary N) is 1. The number of esters is 1. The van der Waals surface area contributed by atoms with Gasteiger partial charge in [-0.15, -0.1) is 5.10 Å². The number of hydrogen-bond donors (Lipinski definition) is 1. The number of hydrogen-bond acceptors (Lipinski definition) is 6. The molecule has 7 heteroatoms. The van der Waals surface area contributed by atoms with Crippen molar-refractivity contribution >= 4 is 11.8 Å². The van der Waals surface area contributed by atoms with Crippen LogP contribution in [0.5, 0.6) is 0 Å². The van der Waals surface area contributed by atoms with Crippen molar-refractivity contribution in [3.05, 3.63) is 29.8 Å². The number of aromatic nitrogens is 4. The van der Waals surface area contributed by atoms with Crippen LogP contribution in [0.3, 0.4) is 0 Å². The first-order valence-electron chi connectivity index (χ1n) is 4.85. The summed E-state index contributed by atoms with van der Waals surface area (Å²) in [6.45, 7) is 1.83. The molecule has 0 aliphatic rings. The van der Waals surface area contributed by atoms with E-state index in [9.17, 15) is 4.79 Å². The van der Waals surface area contributed by atoms with Gasteiger partial charge >= 0.3 is 5.97 Å². The molecule has 2 aromatic heterocycles. The van der Waals surface area contributed by atoms with Gasteiger partial charge in [0, 0.05) is 24.0 Å². The molecule has 0 spiro atoms. The topological polar surface area (TPSA) is 95.9 Å². The minimum atomic E-state index is -0.594. The largest absolute Gasteiger partial charge is 0.463 e. The van der Waals surface area contributed by atoms with Crippen molar-refractivity contribution in [1.29, 1.82) is 0 Å². The van der Waals surface area contributed by atoms with Crippen LogP contribution in [-0.4, -0.2) is 32.8 Å². The Morgan fingerprint density at radius 3 is 2.88 bits per heavy atom. The van der Waals surface area contributed by atoms with Crippen LogP contribution in [0, 0.1) is 6.92 Å². The highest BCUT2D eigenvalue weighted by Crippen LogP contribution is 2.10. The molecule has 2 heterocycles. The van der Waals surface area contributed by atoms with Crippen molar-refractivity contribution in [2.75, 3.05) is 12.8 Å². The van der Waals surface area contributed by atoms with E-state index in [2.05, 4.69) is 19.8 Å². The minimum absolute atomic E-state index is 0.0169. The van der Waals surface area contributed by atoms with Crippen LogP contribution in [0.25, 0.3) is 5.82 Å². The third-order valence-electron chi connectivity index (χ3n) is 2.18. The van der Waals surface area contributed by atoms with E-state index in [4.69, 9.17) is 5.73 Å². The van der Waals surface area contributed by atoms with Gasteiger partial charge in [-0.05, 0) is 6.92 Å². The van der Waals surface area contributed by atoms with Crippen molar-refractivity contribution in [3.63, 3.8) is 0 Å². The van der Waals surface area contributed by atoms with Gasteiger partial charge in [0.2, 0.25) is 5.82 Å². The third-order valence-corrected chi connectivity index (χ3v) is 2.18. The molecule has 88 valence electrons. The molecule has 0 amide bonds. The minimum Gasteiger partial charge on any atom is -0.463 e. The summed E-state index contributed by atoms with van der Waals surface area (Å²) in [7, 11) is 1.27. The molecule has 0 bridgehead atoms. The molecule has 0 aliphatic carbocycles. The number of nitrogen functional groups attached to an aromatic ring is 1. The van der Waals surface area contributed by atoms with Crippen LogP contribution in [0.4, 0.5) is 5.82 Å². The molecule has 17 heavy (non-hydrogen) atoms. The summed E-state index contributed by atoms with van der Waals surface area (Å²) in [5.41, 5.74) is 6.47. The van der Waals surface area contributed by atoms with Crippen molar-refractivity contribution < 1.29 is 9.53 Å². The number of methoxy groups -OCH3 is 1. The first kappa shape index (κ1) is 11.1. The van der Waals surface area contributed by atoms with Crippen molar-refractivity contribution in [1.82, 2.24) is 19.7 Å². The summed E-state index contributed by atoms with van der Waals surface area (Å²) in [5.74, 6) is 0.267. The van der Waals surface area contributed by atoms with Crippen LogP contribution in [0.2, 0.25) is 0 Å². The van der Waals surface area contributed by atoms with E-state index in [0.29, 0.717) is 11.6 Å². The zero-order valence-corrected chi connectivity index (χ0v) is 9.41.